The van der Waals surface area contributed by atoms with E-state index in [0.717, 1.165) is 24.3 Å². The number of rotatable bonds is 4. The second-order valence-electron chi connectivity index (χ2n) is 4.68. The molecular weight excluding hydrogens is 270 g/mol. The van der Waals surface area contributed by atoms with Crippen LogP contribution in [-0.4, -0.2) is 6.04 Å². The van der Waals surface area contributed by atoms with Crippen molar-refractivity contribution in [3.05, 3.63) is 70.8 Å². The predicted octanol–water partition coefficient (Wildman–Crippen LogP) is 3.36. The highest BCUT2D eigenvalue weighted by Crippen LogP contribution is 2.15. The molecule has 2 aromatic rings. The van der Waals surface area contributed by atoms with E-state index in [0.29, 0.717) is 5.56 Å². The third-order valence-corrected chi connectivity index (χ3v) is 2.91. The summed E-state index contributed by atoms with van der Waals surface area (Å²) in [6.07, 6.45) is 0.256. The van der Waals surface area contributed by atoms with Gasteiger partial charge in [-0.1, -0.05) is 0 Å². The quantitative estimate of drug-likeness (QED) is 0.856. The lowest BCUT2D eigenvalue weighted by Gasteiger charge is -2.12. The van der Waals surface area contributed by atoms with Crippen molar-refractivity contribution >= 4 is 0 Å². The Morgan fingerprint density at radius 2 is 1.45 bits per heavy atom. The lowest BCUT2D eigenvalue weighted by Crippen LogP contribution is -2.26. The standard InChI is InChI=1S/C15H13F4N/c16-11-1-2-15(19)10(6-11)7-14(20)5-9-3-12(17)8-13(18)4-9/h1-4,6,8,14H,5,7,20H2. The molecule has 0 saturated carbocycles. The van der Waals surface area contributed by atoms with Crippen LogP contribution in [0.4, 0.5) is 17.6 Å². The summed E-state index contributed by atoms with van der Waals surface area (Å²) >= 11 is 0. The van der Waals surface area contributed by atoms with Crippen LogP contribution in [0.15, 0.2) is 36.4 Å². The maximum Gasteiger partial charge on any atom is 0.126 e. The van der Waals surface area contributed by atoms with Gasteiger partial charge in [0.25, 0.3) is 0 Å². The van der Waals surface area contributed by atoms with Gasteiger partial charge in [-0.25, -0.2) is 17.6 Å². The SMILES string of the molecule is NC(Cc1cc(F)cc(F)c1)Cc1cc(F)ccc1F. The molecule has 106 valence electrons. The van der Waals surface area contributed by atoms with Crippen LogP contribution in [0.1, 0.15) is 11.1 Å². The Balaban J connectivity index is 2.08. The van der Waals surface area contributed by atoms with Crippen LogP contribution in [0.5, 0.6) is 0 Å². The van der Waals surface area contributed by atoms with Crippen LogP contribution >= 0.6 is 0 Å². The van der Waals surface area contributed by atoms with Crippen molar-refractivity contribution in [1.29, 1.82) is 0 Å². The van der Waals surface area contributed by atoms with E-state index in [1.54, 1.807) is 0 Å². The van der Waals surface area contributed by atoms with Gasteiger partial charge in [0, 0.05) is 12.1 Å². The second kappa shape index (κ2) is 6.05. The lowest BCUT2D eigenvalue weighted by atomic mass is 9.99. The molecule has 0 aliphatic heterocycles. The zero-order chi connectivity index (χ0) is 14.7. The minimum absolute atomic E-state index is 0.0850. The Hall–Kier alpha value is -1.88. The lowest BCUT2D eigenvalue weighted by molar-refractivity contribution is 0.559. The topological polar surface area (TPSA) is 26.0 Å². The van der Waals surface area contributed by atoms with E-state index in [4.69, 9.17) is 5.73 Å². The van der Waals surface area contributed by atoms with Crippen molar-refractivity contribution in [2.75, 3.05) is 0 Å². The van der Waals surface area contributed by atoms with Gasteiger partial charge in [-0.05, 0) is 54.3 Å². The zero-order valence-electron chi connectivity index (χ0n) is 10.5. The Kier molecular flexibility index (Phi) is 4.39. The Morgan fingerprint density at radius 3 is 2.10 bits per heavy atom. The largest absolute Gasteiger partial charge is 0.327 e. The highest BCUT2D eigenvalue weighted by Gasteiger charge is 2.11. The molecule has 1 unspecified atom stereocenters. The molecule has 2 N–H and O–H groups in total. The minimum Gasteiger partial charge on any atom is -0.327 e. The van der Waals surface area contributed by atoms with E-state index in [1.807, 2.05) is 0 Å². The molecule has 0 aliphatic rings. The molecule has 0 amide bonds. The summed E-state index contributed by atoms with van der Waals surface area (Å²) in [5.74, 6) is -2.48. The molecule has 0 saturated heterocycles. The number of hydrogen-bond donors (Lipinski definition) is 1. The average molecular weight is 283 g/mol. The molecule has 0 radical (unpaired) electrons. The van der Waals surface area contributed by atoms with Crippen LogP contribution in [-0.2, 0) is 12.8 Å². The first kappa shape index (κ1) is 14.5. The van der Waals surface area contributed by atoms with Gasteiger partial charge in [0.05, 0.1) is 0 Å². The summed E-state index contributed by atoms with van der Waals surface area (Å²) in [6.45, 7) is 0. The van der Waals surface area contributed by atoms with Gasteiger partial charge in [-0.15, -0.1) is 0 Å². The Labute approximate surface area is 114 Å². The predicted molar refractivity (Wildman–Crippen MR) is 68.1 cm³/mol. The van der Waals surface area contributed by atoms with Crippen molar-refractivity contribution < 1.29 is 17.6 Å². The van der Waals surface area contributed by atoms with Crippen molar-refractivity contribution in [2.24, 2.45) is 5.73 Å². The van der Waals surface area contributed by atoms with Gasteiger partial charge in [0.2, 0.25) is 0 Å². The summed E-state index contributed by atoms with van der Waals surface area (Å²) in [5.41, 5.74) is 6.35. The fourth-order valence-corrected chi connectivity index (χ4v) is 2.09. The third-order valence-electron chi connectivity index (χ3n) is 2.91. The van der Waals surface area contributed by atoms with Crippen molar-refractivity contribution in [3.63, 3.8) is 0 Å². The average Bonchev–Trinajstić information content (AvgIpc) is 2.32. The first-order valence-corrected chi connectivity index (χ1v) is 6.08. The zero-order valence-corrected chi connectivity index (χ0v) is 10.5. The van der Waals surface area contributed by atoms with Gasteiger partial charge in [-0.2, -0.15) is 0 Å². The van der Waals surface area contributed by atoms with E-state index >= 15 is 0 Å². The molecule has 0 bridgehead atoms. The fourth-order valence-electron chi connectivity index (χ4n) is 2.09. The summed E-state index contributed by atoms with van der Waals surface area (Å²) in [4.78, 5) is 0. The van der Waals surface area contributed by atoms with Gasteiger partial charge in [0.1, 0.15) is 23.3 Å². The van der Waals surface area contributed by atoms with E-state index in [9.17, 15) is 17.6 Å². The monoisotopic (exact) mass is 283 g/mol. The fraction of sp³-hybridized carbons (Fsp3) is 0.200. The highest BCUT2D eigenvalue weighted by molar-refractivity contribution is 5.22. The number of halogens is 4. The molecule has 1 nitrogen and oxygen atoms in total. The maximum atomic E-state index is 13.5. The molecule has 5 heteroatoms. The van der Waals surface area contributed by atoms with Crippen molar-refractivity contribution in [1.82, 2.24) is 0 Å². The van der Waals surface area contributed by atoms with E-state index < -0.39 is 29.3 Å². The molecule has 0 aromatic heterocycles. The molecule has 1 atom stereocenters. The van der Waals surface area contributed by atoms with E-state index in [1.165, 1.54) is 12.1 Å². The highest BCUT2D eigenvalue weighted by atomic mass is 19.1. The number of nitrogens with two attached hydrogens (primary N) is 1. The molecule has 20 heavy (non-hydrogen) atoms. The molecular formula is C15H13F4N. The second-order valence-corrected chi connectivity index (χ2v) is 4.68. The van der Waals surface area contributed by atoms with E-state index in [-0.39, 0.29) is 18.4 Å². The molecule has 0 spiro atoms. The smallest absolute Gasteiger partial charge is 0.126 e. The van der Waals surface area contributed by atoms with Gasteiger partial charge >= 0.3 is 0 Å². The molecule has 0 fully saturated rings. The molecule has 0 heterocycles. The summed E-state index contributed by atoms with van der Waals surface area (Å²) in [7, 11) is 0. The van der Waals surface area contributed by atoms with Crippen molar-refractivity contribution in [3.8, 4) is 0 Å². The Bertz CT molecular complexity index is 593. The first-order chi connectivity index (χ1) is 9.44. The molecule has 2 aromatic carbocycles. The van der Waals surface area contributed by atoms with Crippen LogP contribution in [0.25, 0.3) is 0 Å². The normalized spacial score (nSPS) is 12.4. The summed E-state index contributed by atoms with van der Waals surface area (Å²) in [5, 5.41) is 0. The number of benzene rings is 2. The number of hydrogen-bond acceptors (Lipinski definition) is 1. The van der Waals surface area contributed by atoms with Crippen LogP contribution in [0.3, 0.4) is 0 Å². The Morgan fingerprint density at radius 1 is 0.800 bits per heavy atom. The summed E-state index contributed by atoms with van der Waals surface area (Å²) in [6, 6.07) is 5.66. The molecule has 0 aliphatic carbocycles. The maximum absolute atomic E-state index is 13.5. The van der Waals surface area contributed by atoms with Crippen LogP contribution in [0, 0.1) is 23.3 Å². The first-order valence-electron chi connectivity index (χ1n) is 6.08. The van der Waals surface area contributed by atoms with Gasteiger partial charge < -0.3 is 5.73 Å². The van der Waals surface area contributed by atoms with Gasteiger partial charge in [-0.3, -0.25) is 0 Å². The third kappa shape index (κ3) is 3.81. The minimum atomic E-state index is -0.691. The van der Waals surface area contributed by atoms with Crippen molar-refractivity contribution in [2.45, 2.75) is 18.9 Å². The van der Waals surface area contributed by atoms with Crippen LogP contribution < -0.4 is 5.73 Å². The molecule has 2 rings (SSSR count). The van der Waals surface area contributed by atoms with Gasteiger partial charge in [0.15, 0.2) is 0 Å². The summed E-state index contributed by atoms with van der Waals surface area (Å²) < 4.78 is 52.5. The van der Waals surface area contributed by atoms with Crippen LogP contribution in [0.2, 0.25) is 0 Å². The van der Waals surface area contributed by atoms with E-state index in [2.05, 4.69) is 0 Å².